The van der Waals surface area contributed by atoms with Crippen LogP contribution in [0.5, 0.6) is 0 Å². The highest BCUT2D eigenvalue weighted by Crippen LogP contribution is 2.41. The van der Waals surface area contributed by atoms with Crippen molar-refractivity contribution in [2.45, 2.75) is 165 Å². The van der Waals surface area contributed by atoms with Crippen molar-refractivity contribution >= 4 is 61.1 Å². The van der Waals surface area contributed by atoms with Crippen LogP contribution in [-0.2, 0) is 81.9 Å². The zero-order valence-corrected chi connectivity index (χ0v) is 39.4. The third-order valence-electron chi connectivity index (χ3n) is 12.9. The first-order valence-electron chi connectivity index (χ1n) is 22.5. The molecule has 3 heterocycles. The third kappa shape index (κ3) is 10.4. The Morgan fingerprint density at radius 3 is 1.66 bits per heavy atom. The van der Waals surface area contributed by atoms with Crippen molar-refractivity contribution in [2.24, 2.45) is 0 Å². The van der Waals surface area contributed by atoms with Crippen LogP contribution in [0.3, 0.4) is 0 Å². The molecule has 14 nitrogen and oxygen atoms in total. The molecule has 0 bridgehead atoms. The van der Waals surface area contributed by atoms with Crippen molar-refractivity contribution < 1.29 is 21.6 Å². The van der Waals surface area contributed by atoms with Crippen LogP contribution in [0.25, 0.3) is 0 Å². The van der Waals surface area contributed by atoms with Gasteiger partial charge in [-0.05, 0) is 140 Å². The number of benzene rings is 2. The number of fused-ring (bicyclic) bond motifs is 4. The predicted octanol–water partition coefficient (Wildman–Crippen LogP) is 8.50. The molecule has 0 amide bonds. The zero-order valence-electron chi connectivity index (χ0n) is 36.0. The highest BCUT2D eigenvalue weighted by atomic mass is 35.7. The van der Waals surface area contributed by atoms with Gasteiger partial charge in [-0.15, -0.1) is 10.2 Å². The van der Waals surface area contributed by atoms with Gasteiger partial charge in [0.15, 0.2) is 0 Å². The summed E-state index contributed by atoms with van der Waals surface area (Å²) in [5.74, 6) is 0.703. The Bertz CT molecular complexity index is 2370. The van der Waals surface area contributed by atoms with Crippen LogP contribution < -0.4 is 10.6 Å². The van der Waals surface area contributed by atoms with E-state index in [9.17, 15) is 16.8 Å². The summed E-state index contributed by atoms with van der Waals surface area (Å²) in [6.45, 7) is 8.71. The quantitative estimate of drug-likeness (QED) is 0.0706. The predicted molar refractivity (Wildman–Crippen MR) is 242 cm³/mol. The molecule has 2 aromatic heterocycles. The number of nitrogens with zero attached hydrogens (tertiary/aromatic N) is 6. The summed E-state index contributed by atoms with van der Waals surface area (Å²) in [5, 5.41) is 17.2. The average molecular weight is 913 g/mol. The van der Waals surface area contributed by atoms with Gasteiger partial charge in [0.2, 0.25) is 11.9 Å². The van der Waals surface area contributed by atoms with Crippen LogP contribution in [0.1, 0.15) is 115 Å². The molecule has 3 N–H and O–H groups in total. The van der Waals surface area contributed by atoms with E-state index < -0.39 is 32.3 Å². The van der Waals surface area contributed by atoms with Gasteiger partial charge in [0.1, 0.15) is 6.73 Å². The van der Waals surface area contributed by atoms with E-state index in [0.29, 0.717) is 31.6 Å². The lowest BCUT2D eigenvalue weighted by Crippen LogP contribution is -2.28. The summed E-state index contributed by atoms with van der Waals surface area (Å²) in [6.07, 6.45) is 22.5. The summed E-state index contributed by atoms with van der Waals surface area (Å²) < 4.78 is 57.7. The van der Waals surface area contributed by atoms with Crippen LogP contribution in [0.15, 0.2) is 22.4 Å². The van der Waals surface area contributed by atoms with Gasteiger partial charge in [0.25, 0.3) is 29.4 Å². The molecule has 332 valence electrons. The maximum absolute atomic E-state index is 12.6. The van der Waals surface area contributed by atoms with Gasteiger partial charge in [-0.25, -0.2) is 26.6 Å². The Morgan fingerprint density at radius 2 is 1.18 bits per heavy atom. The van der Waals surface area contributed by atoms with Crippen LogP contribution >= 0.6 is 10.7 Å². The van der Waals surface area contributed by atoms with Crippen molar-refractivity contribution in [1.29, 1.82) is 0 Å². The molecule has 4 aromatic rings. The van der Waals surface area contributed by atoms with E-state index in [1.807, 2.05) is 0 Å². The number of aryl methyl sites for hydroxylation is 4. The second kappa shape index (κ2) is 18.8. The largest absolute Gasteiger partial charge is 0.359 e. The molecule has 0 atom stereocenters. The summed E-state index contributed by atoms with van der Waals surface area (Å²) in [6, 6.07) is 5.75. The number of aromatic nitrogens is 6. The molecule has 10 rings (SSSR count). The number of anilines is 4. The normalized spacial score (nSPS) is 18.2. The number of sulfonamides is 1. The van der Waals surface area contributed by atoms with Gasteiger partial charge in [-0.2, -0.15) is 14.3 Å². The number of halogens is 1. The van der Waals surface area contributed by atoms with E-state index >= 15 is 0 Å². The standard InChI is InChI=1S/C20H29ClN4O3SSi.C18H23N5O2S.C5H10/c1-30(2,3)11-10-28-13-25-19(23-20(24-25)29(21,26)27)22-18-16-8-4-6-14(16)12-15-7-5-9-17(15)18;24-26(25,23-9-1-2-10-23)18-20-17(21-22-18)19-16-14-7-3-5-12(14)11-13-6-4-8-15(13)16;1-2-4-5-3-1/h12H,4-11,13H2,1-3H3,(H,22,23,24);11H,1-10H2,(H2,19,20,21,22);1-5H2. The lowest BCUT2D eigenvalue weighted by molar-refractivity contribution is 0.0792. The maximum atomic E-state index is 12.6. The lowest BCUT2D eigenvalue weighted by Gasteiger charge is -2.18. The van der Waals surface area contributed by atoms with E-state index in [0.717, 1.165) is 94.5 Å². The Kier molecular flexibility index (Phi) is 13.6. The van der Waals surface area contributed by atoms with Gasteiger partial charge in [0, 0.05) is 49.8 Å². The minimum atomic E-state index is -4.03. The van der Waals surface area contributed by atoms with Crippen molar-refractivity contribution in [1.82, 2.24) is 34.3 Å². The monoisotopic (exact) mass is 911 g/mol. The van der Waals surface area contributed by atoms with Crippen LogP contribution in [-0.4, -0.2) is 78.9 Å². The first kappa shape index (κ1) is 44.3. The average Bonchev–Trinajstić information content (AvgIpc) is 4.06. The topological polar surface area (TPSA) is 177 Å². The number of aromatic amines is 1. The van der Waals surface area contributed by atoms with Crippen LogP contribution in [0, 0.1) is 0 Å². The van der Waals surface area contributed by atoms with Gasteiger partial charge >= 0.3 is 0 Å². The molecule has 0 spiro atoms. The molecule has 18 heteroatoms. The van der Waals surface area contributed by atoms with Gasteiger partial charge in [0.05, 0.1) is 0 Å². The molecule has 1 aliphatic heterocycles. The van der Waals surface area contributed by atoms with Crippen molar-refractivity contribution in [3.63, 3.8) is 0 Å². The van der Waals surface area contributed by atoms with Crippen molar-refractivity contribution in [3.8, 4) is 0 Å². The second-order valence-corrected chi connectivity index (χ2v) is 28.5. The molecule has 2 fully saturated rings. The summed E-state index contributed by atoms with van der Waals surface area (Å²) in [7, 11) is -3.30. The highest BCUT2D eigenvalue weighted by Gasteiger charge is 2.32. The first-order chi connectivity index (χ1) is 29.2. The van der Waals surface area contributed by atoms with Crippen LogP contribution in [0.4, 0.5) is 23.3 Å². The summed E-state index contributed by atoms with van der Waals surface area (Å²) in [4.78, 5) is 8.47. The van der Waals surface area contributed by atoms with Gasteiger partial charge in [-0.1, -0.05) is 63.9 Å². The van der Waals surface area contributed by atoms with Crippen molar-refractivity contribution in [2.75, 3.05) is 30.3 Å². The summed E-state index contributed by atoms with van der Waals surface area (Å²) >= 11 is 0. The first-order valence-corrected chi connectivity index (χ1v) is 30.0. The molecular weight excluding hydrogens is 850 g/mol. The van der Waals surface area contributed by atoms with Crippen molar-refractivity contribution in [3.05, 3.63) is 56.6 Å². The van der Waals surface area contributed by atoms with Crippen LogP contribution in [0.2, 0.25) is 25.7 Å². The zero-order chi connectivity index (χ0) is 42.8. The third-order valence-corrected chi connectivity index (χ3v) is 17.3. The molecule has 61 heavy (non-hydrogen) atoms. The maximum Gasteiger partial charge on any atom is 0.298 e. The molecule has 1 saturated carbocycles. The molecule has 5 aliphatic carbocycles. The fourth-order valence-electron chi connectivity index (χ4n) is 9.65. The van der Waals surface area contributed by atoms with Gasteiger partial charge in [-0.3, -0.25) is 0 Å². The Labute approximate surface area is 366 Å². The molecule has 2 aromatic carbocycles. The van der Waals surface area contributed by atoms with Gasteiger partial charge < -0.3 is 15.4 Å². The second-order valence-electron chi connectivity index (χ2n) is 18.6. The smallest absolute Gasteiger partial charge is 0.298 e. The molecule has 6 aliphatic rings. The Morgan fingerprint density at radius 1 is 0.689 bits per heavy atom. The minimum Gasteiger partial charge on any atom is -0.359 e. The Hall–Kier alpha value is -3.35. The number of H-pyrrole nitrogens is 1. The van der Waals surface area contributed by atoms with E-state index in [4.69, 9.17) is 15.4 Å². The fraction of sp³-hybridized carbons (Fsp3) is 0.628. The Balaban J connectivity index is 0.000000152. The highest BCUT2D eigenvalue weighted by molar-refractivity contribution is 8.13. The summed E-state index contributed by atoms with van der Waals surface area (Å²) in [5.41, 5.74) is 13.2. The number of ether oxygens (including phenoxy) is 1. The number of hydrogen-bond donors (Lipinski definition) is 3. The lowest BCUT2D eigenvalue weighted by atomic mass is 9.99. The number of rotatable bonds is 12. The number of nitrogens with one attached hydrogen (secondary N) is 3. The molecule has 0 unspecified atom stereocenters. The van der Waals surface area contributed by atoms with E-state index in [1.165, 1.54) is 98.4 Å². The molecule has 1 saturated heterocycles. The number of hydrogen-bond acceptors (Lipinski definition) is 11. The van der Waals surface area contributed by atoms with E-state index in [-0.39, 0.29) is 11.9 Å². The molecular formula is C43H62ClN9O5S2Si. The fourth-order valence-corrected chi connectivity index (χ4v) is 12.3. The molecule has 0 radical (unpaired) electrons. The SMILES string of the molecule is C1CCCC1.C[Si](C)(C)CCOCn1nc(S(=O)(=O)Cl)nc1Nc1c2c(cc3c1CCC3)CCC2.O=S(=O)(c1nc(Nc2c3c(cc4c2CCC4)CCC3)n[nH]1)N1CCCC1. The minimum absolute atomic E-state index is 0.0638. The van der Waals surface area contributed by atoms with E-state index in [1.54, 1.807) is 0 Å². The van der Waals surface area contributed by atoms with E-state index in [2.05, 4.69) is 67.7 Å².